The molecule has 0 aromatic heterocycles. The van der Waals surface area contributed by atoms with Crippen LogP contribution in [0.25, 0.3) is 6.08 Å². The molecule has 0 heterocycles. The van der Waals surface area contributed by atoms with Crippen LogP contribution in [0.3, 0.4) is 0 Å². The van der Waals surface area contributed by atoms with E-state index in [0.29, 0.717) is 3.67 Å². The summed E-state index contributed by atoms with van der Waals surface area (Å²) in [5.74, 6) is -0.696. The minimum absolute atomic E-state index is 0. The molecule has 0 saturated heterocycles. The molecule has 0 bridgehead atoms. The maximum atomic E-state index is 10.7. The molecule has 6 heteroatoms. The smallest absolute Gasteiger partial charge is 1.00 e. The molecule has 18 heavy (non-hydrogen) atoms. The van der Waals surface area contributed by atoms with Gasteiger partial charge in [0, 0.05) is 0 Å². The zero-order valence-electron chi connectivity index (χ0n) is 10.4. The second-order valence-electron chi connectivity index (χ2n) is 4.34. The summed E-state index contributed by atoms with van der Waals surface area (Å²) in [7, 11) is 0. The fourth-order valence-electron chi connectivity index (χ4n) is 2.20. The molecule has 0 saturated carbocycles. The quantitative estimate of drug-likeness (QED) is 0.355. The molecule has 0 aliphatic heterocycles. The summed E-state index contributed by atoms with van der Waals surface area (Å²) in [6, 6.07) is 8.56. The van der Waals surface area contributed by atoms with Gasteiger partial charge in [0.25, 0.3) is 0 Å². The van der Waals surface area contributed by atoms with Gasteiger partial charge in [-0.15, -0.1) is 0 Å². The number of fused-ring (bicyclic) bond motifs is 1. The summed E-state index contributed by atoms with van der Waals surface area (Å²) in [5, 5.41) is 0. The third-order valence-corrected chi connectivity index (χ3v) is 27.8. The fourth-order valence-corrected chi connectivity index (χ4v) is 21.9. The summed E-state index contributed by atoms with van der Waals surface area (Å²) in [4.78, 5) is 10.7. The van der Waals surface area contributed by atoms with Crippen molar-refractivity contribution in [3.63, 3.8) is 0 Å². The van der Waals surface area contributed by atoms with E-state index in [1.165, 1.54) is 11.1 Å². The number of benzene rings is 1. The molecule has 1 aromatic carbocycles. The van der Waals surface area contributed by atoms with Crippen LogP contribution in [0.1, 0.15) is 14.8 Å². The van der Waals surface area contributed by atoms with E-state index < -0.39 is 26.9 Å². The van der Waals surface area contributed by atoms with Crippen molar-refractivity contribution in [1.82, 2.24) is 3.30 Å². The first kappa shape index (κ1) is 18.1. The van der Waals surface area contributed by atoms with Gasteiger partial charge in [0.2, 0.25) is 0 Å². The minimum atomic E-state index is -1.95. The number of rotatable bonds is 4. The Hall–Kier alpha value is 0.0970. The molecule has 2 nitrogen and oxygen atoms in total. The zero-order chi connectivity index (χ0) is 11.5. The first-order valence-electron chi connectivity index (χ1n) is 5.58. The van der Waals surface area contributed by atoms with Gasteiger partial charge in [0.1, 0.15) is 0 Å². The van der Waals surface area contributed by atoms with Crippen LogP contribution < -0.4 is 28.1 Å². The molecule has 97 valence electrons. The van der Waals surface area contributed by atoms with Crippen LogP contribution in [-0.2, 0) is 25.7 Å². The minimum Gasteiger partial charge on any atom is -1.00 e. The Bertz CT molecular complexity index is 428. The summed E-state index contributed by atoms with van der Waals surface area (Å²) in [6.07, 6.45) is 5.47. The molecule has 1 amide bonds. The monoisotopic (exact) mass is 468 g/mol. The summed E-state index contributed by atoms with van der Waals surface area (Å²) in [5.41, 5.74) is 2.79. The maximum Gasteiger partial charge on any atom is -1.00 e. The van der Waals surface area contributed by atoms with E-state index in [1.807, 2.05) is 0 Å². The summed E-state index contributed by atoms with van der Waals surface area (Å²) < 4.78 is 3.79. The van der Waals surface area contributed by atoms with E-state index in [2.05, 4.69) is 52.8 Å². The number of carbonyl (C=O) groups excluding carboxylic acids is 1. The van der Waals surface area contributed by atoms with Crippen molar-refractivity contribution < 1.29 is 50.5 Å². The zero-order valence-corrected chi connectivity index (χ0v) is 16.6. The fraction of sp³-hybridized carbons (Fsp3) is 0.250. The van der Waals surface area contributed by atoms with Gasteiger partial charge in [-0.2, -0.15) is 0 Å². The van der Waals surface area contributed by atoms with Gasteiger partial charge < -0.3 is 24.8 Å². The molecule has 1 aliphatic carbocycles. The standard InChI is InChI=1S/C9H7.C2H7Si.CH3NO.2ClH.Hf/c1-2-5-9-7-3-6-8(9)4-1;1-3-2;2-1-3;;;/h1-7H;3H,1-2H3;1H,(H2,2,3);2*1H;/q;;;;;+3/p-3. The van der Waals surface area contributed by atoms with Gasteiger partial charge in [-0.3, -0.25) is 0 Å². The molecule has 1 aromatic rings. The van der Waals surface area contributed by atoms with Crippen molar-refractivity contribution in [3.05, 3.63) is 41.5 Å². The van der Waals surface area contributed by atoms with Crippen LogP contribution in [0.5, 0.6) is 0 Å². The summed E-state index contributed by atoms with van der Waals surface area (Å²) >= 11 is -1.95. The summed E-state index contributed by atoms with van der Waals surface area (Å²) in [6.45, 7) is 4.74. The number of halogens is 2. The first-order valence-corrected chi connectivity index (χ1v) is 18.6. The third-order valence-electron chi connectivity index (χ3n) is 2.98. The van der Waals surface area contributed by atoms with Crippen LogP contribution in [0.2, 0.25) is 13.1 Å². The second kappa shape index (κ2) is 8.30. The predicted octanol–water partition coefficient (Wildman–Crippen LogP) is -3.97. The molecular weight excluding hydrogens is 452 g/mol. The van der Waals surface area contributed by atoms with E-state index in [0.717, 1.165) is 6.41 Å². The van der Waals surface area contributed by atoms with E-state index in [4.69, 9.17) is 0 Å². The molecule has 2 rings (SSSR count). The Kier molecular flexibility index (Phi) is 8.35. The molecule has 1 N–H and O–H groups in total. The number of nitrogens with one attached hydrogen (secondary N) is 1. The van der Waals surface area contributed by atoms with E-state index in [1.54, 1.807) is 0 Å². The van der Waals surface area contributed by atoms with Crippen LogP contribution in [0.15, 0.2) is 30.3 Å². The number of allylic oxidation sites excluding steroid dienone is 1. The normalized spacial score (nSPS) is 15.4. The molecular formula is C12H16Cl2HfNOSi. The Labute approximate surface area is 130 Å². The Balaban J connectivity index is 0.00000144. The van der Waals surface area contributed by atoms with Crippen LogP contribution in [0, 0.1) is 0 Å². The largest absolute Gasteiger partial charge is 1.00 e. The van der Waals surface area contributed by atoms with Crippen LogP contribution in [-0.4, -0.2) is 12.4 Å². The SMILES string of the molecule is C[SiH](C)[Hf+2]([NH]C=O)[CH]1C=Cc2ccccc21.[Cl-].[Cl-]. The Morgan fingerprint density at radius 2 is 1.94 bits per heavy atom. The molecule has 0 spiro atoms. The van der Waals surface area contributed by atoms with Crippen molar-refractivity contribution in [3.8, 4) is 0 Å². The Morgan fingerprint density at radius 1 is 1.28 bits per heavy atom. The van der Waals surface area contributed by atoms with Crippen LogP contribution >= 0.6 is 0 Å². The van der Waals surface area contributed by atoms with Gasteiger partial charge in [-0.25, -0.2) is 0 Å². The molecule has 0 fully saturated rings. The van der Waals surface area contributed by atoms with Crippen molar-refractivity contribution in [1.29, 1.82) is 0 Å². The number of hydrogen-bond acceptors (Lipinski definition) is 1. The third kappa shape index (κ3) is 3.79. The average Bonchev–Trinajstić information content (AvgIpc) is 2.69. The Morgan fingerprint density at radius 3 is 2.56 bits per heavy atom. The first-order chi connectivity index (χ1) is 7.74. The second-order valence-corrected chi connectivity index (χ2v) is 30.7. The van der Waals surface area contributed by atoms with Crippen molar-refractivity contribution in [2.75, 3.05) is 0 Å². The van der Waals surface area contributed by atoms with E-state index >= 15 is 0 Å². The topological polar surface area (TPSA) is 29.1 Å². The molecule has 1 aliphatic rings. The van der Waals surface area contributed by atoms with Crippen molar-refractivity contribution >= 4 is 18.5 Å². The predicted molar refractivity (Wildman–Crippen MR) is 66.3 cm³/mol. The van der Waals surface area contributed by atoms with Crippen LogP contribution in [0.4, 0.5) is 0 Å². The number of carbonyl (C=O) groups is 1. The van der Waals surface area contributed by atoms with Gasteiger partial charge in [0.15, 0.2) is 0 Å². The molecule has 0 radical (unpaired) electrons. The van der Waals surface area contributed by atoms with Gasteiger partial charge in [-0.05, 0) is 0 Å². The van der Waals surface area contributed by atoms with Gasteiger partial charge >= 0.3 is 106 Å². The average molecular weight is 468 g/mol. The van der Waals surface area contributed by atoms with Crippen molar-refractivity contribution in [2.45, 2.75) is 16.8 Å². The number of hydrogen-bond donors (Lipinski definition) is 1. The van der Waals surface area contributed by atoms with E-state index in [9.17, 15) is 4.79 Å². The maximum absolute atomic E-state index is 10.7. The van der Waals surface area contributed by atoms with Crippen molar-refractivity contribution in [2.24, 2.45) is 0 Å². The molecule has 1 unspecified atom stereocenters. The molecule has 1 atom stereocenters. The van der Waals surface area contributed by atoms with E-state index in [-0.39, 0.29) is 24.8 Å². The van der Waals surface area contributed by atoms with Gasteiger partial charge in [0.05, 0.1) is 0 Å². The number of amides is 1. The van der Waals surface area contributed by atoms with Gasteiger partial charge in [-0.1, -0.05) is 0 Å².